The van der Waals surface area contributed by atoms with Gasteiger partial charge in [-0.15, -0.1) is 0 Å². The molecule has 0 saturated heterocycles. The molecule has 2 amide bonds. The smallest absolute Gasteiger partial charge is 0.242 e. The molecule has 162 valence electrons. The van der Waals surface area contributed by atoms with E-state index in [-0.39, 0.29) is 22.2 Å². The van der Waals surface area contributed by atoms with E-state index in [1.54, 1.807) is 0 Å². The van der Waals surface area contributed by atoms with Crippen molar-refractivity contribution in [3.63, 3.8) is 0 Å². The molecular weight excluding hydrogens is 427 g/mol. The van der Waals surface area contributed by atoms with Gasteiger partial charge in [-0.1, -0.05) is 0 Å². The first-order chi connectivity index (χ1) is 14.7. The first-order valence-corrected chi connectivity index (χ1v) is 10.5. The Kier molecular flexibility index (Phi) is 6.42. The lowest BCUT2D eigenvalue weighted by Crippen LogP contribution is -2.41. The second-order valence-corrected chi connectivity index (χ2v) is 8.26. The summed E-state index contributed by atoms with van der Waals surface area (Å²) in [6.07, 6.45) is 2.59. The maximum absolute atomic E-state index is 14.3. The molecule has 1 atom stereocenters. The predicted molar refractivity (Wildman–Crippen MR) is 110 cm³/mol. The highest BCUT2D eigenvalue weighted by Gasteiger charge is 2.22. The highest BCUT2D eigenvalue weighted by Crippen LogP contribution is 2.18. The van der Waals surface area contributed by atoms with Gasteiger partial charge in [-0.2, -0.15) is 9.82 Å². The van der Waals surface area contributed by atoms with Gasteiger partial charge in [0.15, 0.2) is 5.82 Å². The number of nitrogens with one attached hydrogen (secondary N) is 3. The molecule has 0 bridgehead atoms. The molecule has 0 aliphatic carbocycles. The zero-order chi connectivity index (χ0) is 22.6. The van der Waals surface area contributed by atoms with Crippen molar-refractivity contribution in [2.45, 2.75) is 24.8 Å². The summed E-state index contributed by atoms with van der Waals surface area (Å²) in [6, 6.07) is 8.29. The summed E-state index contributed by atoms with van der Waals surface area (Å²) >= 11 is 0. The number of benzene rings is 2. The SMILES string of the molecule is CC(=O)Nc1ccc(S(=O)(=O)N[C@@H](C)C(=O)Nc2ccc(-n3cncn3)c(F)c2)cc1. The summed E-state index contributed by atoms with van der Waals surface area (Å²) in [5.41, 5.74) is 0.734. The van der Waals surface area contributed by atoms with Crippen LogP contribution in [0, 0.1) is 5.82 Å². The normalized spacial score (nSPS) is 12.2. The van der Waals surface area contributed by atoms with Crippen LogP contribution in [0.3, 0.4) is 0 Å². The molecule has 0 fully saturated rings. The Morgan fingerprint density at radius 3 is 2.32 bits per heavy atom. The monoisotopic (exact) mass is 446 g/mol. The van der Waals surface area contributed by atoms with Crippen LogP contribution in [0.4, 0.5) is 15.8 Å². The van der Waals surface area contributed by atoms with E-state index in [2.05, 4.69) is 25.4 Å². The van der Waals surface area contributed by atoms with Gasteiger partial charge < -0.3 is 10.6 Å². The molecule has 0 radical (unpaired) electrons. The number of aromatic nitrogens is 3. The predicted octanol–water partition coefficient (Wildman–Crippen LogP) is 1.67. The van der Waals surface area contributed by atoms with Crippen LogP contribution >= 0.6 is 0 Å². The van der Waals surface area contributed by atoms with Crippen LogP contribution in [0.5, 0.6) is 0 Å². The summed E-state index contributed by atoms with van der Waals surface area (Å²) in [7, 11) is -4.00. The number of rotatable bonds is 7. The van der Waals surface area contributed by atoms with Gasteiger partial charge in [0, 0.05) is 18.3 Å². The van der Waals surface area contributed by atoms with Gasteiger partial charge in [0.1, 0.15) is 18.3 Å². The van der Waals surface area contributed by atoms with E-state index in [0.29, 0.717) is 5.69 Å². The second-order valence-electron chi connectivity index (χ2n) is 6.54. The van der Waals surface area contributed by atoms with E-state index < -0.39 is 27.8 Å². The van der Waals surface area contributed by atoms with Crippen molar-refractivity contribution in [3.8, 4) is 5.69 Å². The summed E-state index contributed by atoms with van der Waals surface area (Å²) < 4.78 is 42.8. The third-order valence-corrected chi connectivity index (χ3v) is 5.65. The van der Waals surface area contributed by atoms with Crippen molar-refractivity contribution >= 4 is 33.2 Å². The lowest BCUT2D eigenvalue weighted by Gasteiger charge is -2.15. The van der Waals surface area contributed by atoms with Gasteiger partial charge in [0.2, 0.25) is 21.8 Å². The third-order valence-electron chi connectivity index (χ3n) is 4.09. The van der Waals surface area contributed by atoms with Gasteiger partial charge in [0.05, 0.1) is 10.9 Å². The number of anilines is 2. The highest BCUT2D eigenvalue weighted by atomic mass is 32.2. The maximum atomic E-state index is 14.3. The first-order valence-electron chi connectivity index (χ1n) is 9.01. The molecule has 3 aromatic rings. The molecule has 1 heterocycles. The number of hydrogen-bond donors (Lipinski definition) is 3. The number of halogens is 1. The minimum absolute atomic E-state index is 0.0792. The number of amides is 2. The topological polar surface area (TPSA) is 135 Å². The van der Waals surface area contributed by atoms with Crippen LogP contribution in [0.25, 0.3) is 5.69 Å². The zero-order valence-corrected chi connectivity index (χ0v) is 17.4. The molecule has 3 rings (SSSR count). The highest BCUT2D eigenvalue weighted by molar-refractivity contribution is 7.89. The average Bonchev–Trinajstić information content (AvgIpc) is 3.22. The fourth-order valence-electron chi connectivity index (χ4n) is 2.63. The van der Waals surface area contributed by atoms with Crippen LogP contribution in [0.1, 0.15) is 13.8 Å². The average molecular weight is 446 g/mol. The standard InChI is InChI=1S/C19H19FN6O4S/c1-12(25-31(29,30)16-6-3-14(4-7-16)23-13(2)27)19(28)24-15-5-8-18(17(20)9-15)26-11-21-10-22-26/h3-12,25H,1-2H3,(H,23,27)(H,24,28)/t12-/m0/s1. The molecule has 12 heteroatoms. The Morgan fingerprint density at radius 2 is 1.74 bits per heavy atom. The maximum Gasteiger partial charge on any atom is 0.242 e. The Morgan fingerprint density at radius 1 is 1.06 bits per heavy atom. The lowest BCUT2D eigenvalue weighted by atomic mass is 10.2. The van der Waals surface area contributed by atoms with E-state index in [9.17, 15) is 22.4 Å². The molecule has 0 saturated carbocycles. The van der Waals surface area contributed by atoms with Gasteiger partial charge >= 0.3 is 0 Å². The summed E-state index contributed by atoms with van der Waals surface area (Å²) in [6.45, 7) is 2.69. The molecule has 0 aliphatic rings. The van der Waals surface area contributed by atoms with Crippen molar-refractivity contribution in [3.05, 3.63) is 60.9 Å². The first kappa shape index (κ1) is 22.1. The fourth-order valence-corrected chi connectivity index (χ4v) is 3.83. The lowest BCUT2D eigenvalue weighted by molar-refractivity contribution is -0.117. The fraction of sp³-hybridized carbons (Fsp3) is 0.158. The van der Waals surface area contributed by atoms with Crippen LogP contribution in [0.15, 0.2) is 60.0 Å². The number of nitrogens with zero attached hydrogens (tertiary/aromatic N) is 3. The van der Waals surface area contributed by atoms with E-state index in [4.69, 9.17) is 0 Å². The molecule has 3 N–H and O–H groups in total. The van der Waals surface area contributed by atoms with Gasteiger partial charge in [-0.25, -0.2) is 22.5 Å². The van der Waals surface area contributed by atoms with E-state index in [1.165, 1.54) is 67.6 Å². The van der Waals surface area contributed by atoms with Crippen LogP contribution < -0.4 is 15.4 Å². The number of carbonyl (C=O) groups excluding carboxylic acids is 2. The largest absolute Gasteiger partial charge is 0.326 e. The second kappa shape index (κ2) is 9.02. The molecule has 1 aromatic heterocycles. The van der Waals surface area contributed by atoms with Crippen molar-refractivity contribution in [1.29, 1.82) is 0 Å². The molecule has 0 spiro atoms. The quantitative estimate of drug-likeness (QED) is 0.505. The summed E-state index contributed by atoms with van der Waals surface area (Å²) in [5.74, 6) is -1.60. The number of sulfonamides is 1. The Balaban J connectivity index is 1.66. The zero-order valence-electron chi connectivity index (χ0n) is 16.5. The van der Waals surface area contributed by atoms with Crippen molar-refractivity contribution in [2.75, 3.05) is 10.6 Å². The van der Waals surface area contributed by atoms with Crippen LogP contribution in [-0.2, 0) is 19.6 Å². The Hall–Kier alpha value is -3.64. The van der Waals surface area contributed by atoms with Crippen molar-refractivity contribution < 1.29 is 22.4 Å². The van der Waals surface area contributed by atoms with E-state index in [0.717, 1.165) is 6.07 Å². The summed E-state index contributed by atoms with van der Waals surface area (Å²) in [4.78, 5) is 27.1. The molecule has 0 aliphatic heterocycles. The number of carbonyl (C=O) groups is 2. The number of hydrogen-bond acceptors (Lipinski definition) is 6. The minimum Gasteiger partial charge on any atom is -0.326 e. The van der Waals surface area contributed by atoms with Gasteiger partial charge in [-0.3, -0.25) is 9.59 Å². The molecule has 31 heavy (non-hydrogen) atoms. The minimum atomic E-state index is -4.00. The molecule has 0 unspecified atom stereocenters. The summed E-state index contributed by atoms with van der Waals surface area (Å²) in [5, 5.41) is 8.83. The Bertz CT molecular complexity index is 1200. The Labute approximate surface area is 177 Å². The third kappa shape index (κ3) is 5.49. The van der Waals surface area contributed by atoms with Gasteiger partial charge in [0.25, 0.3) is 0 Å². The van der Waals surface area contributed by atoms with E-state index >= 15 is 0 Å². The van der Waals surface area contributed by atoms with Gasteiger partial charge in [-0.05, 0) is 49.4 Å². The molecular formula is C19H19FN6O4S. The van der Waals surface area contributed by atoms with Crippen molar-refractivity contribution in [2.24, 2.45) is 0 Å². The van der Waals surface area contributed by atoms with E-state index in [1.807, 2.05) is 0 Å². The van der Waals surface area contributed by atoms with Crippen molar-refractivity contribution in [1.82, 2.24) is 19.5 Å². The van der Waals surface area contributed by atoms with Crippen LogP contribution in [0.2, 0.25) is 0 Å². The van der Waals surface area contributed by atoms with Crippen LogP contribution in [-0.4, -0.2) is 41.0 Å². The molecule has 10 nitrogen and oxygen atoms in total. The molecule has 2 aromatic carbocycles.